The maximum atomic E-state index is 11.7. The number of piperidine rings is 1. The minimum atomic E-state index is -0.226. The van der Waals surface area contributed by atoms with E-state index in [1.165, 1.54) is 0 Å². The number of carbonyl (C=O) groups excluding carboxylic acids is 2. The van der Waals surface area contributed by atoms with Crippen LogP contribution in [0, 0.1) is 0 Å². The Bertz CT molecular complexity index is 485. The van der Waals surface area contributed by atoms with Gasteiger partial charge in [-0.05, 0) is 46.0 Å². The third-order valence-electron chi connectivity index (χ3n) is 4.48. The summed E-state index contributed by atoms with van der Waals surface area (Å²) in [5.74, 6) is 0.914. The Hall–Kier alpha value is -1.99. The zero-order chi connectivity index (χ0) is 18.8. The largest absolute Gasteiger partial charge is 0.450 e. The number of hydrogen-bond donors (Lipinski definition) is 3. The Morgan fingerprint density at radius 3 is 2.38 bits per heavy atom. The van der Waals surface area contributed by atoms with Gasteiger partial charge >= 0.3 is 6.09 Å². The maximum absolute atomic E-state index is 11.7. The van der Waals surface area contributed by atoms with Crippen LogP contribution in [0.5, 0.6) is 0 Å². The summed E-state index contributed by atoms with van der Waals surface area (Å²) in [5, 5.41) is 9.68. The molecule has 8 nitrogen and oxygen atoms in total. The van der Waals surface area contributed by atoms with Crippen molar-refractivity contribution in [2.24, 2.45) is 4.99 Å². The van der Waals surface area contributed by atoms with E-state index >= 15 is 0 Å². The Kier molecular flexibility index (Phi) is 8.50. The summed E-state index contributed by atoms with van der Waals surface area (Å²) in [4.78, 5) is 29.7. The number of ether oxygens (including phenoxy) is 1. The summed E-state index contributed by atoms with van der Waals surface area (Å²) < 4.78 is 5.05. The number of rotatable bonds is 8. The van der Waals surface area contributed by atoms with Gasteiger partial charge in [0.2, 0.25) is 5.91 Å². The Labute approximate surface area is 156 Å². The highest BCUT2D eigenvalue weighted by Crippen LogP contribution is 2.18. The number of likely N-dealkylation sites (tertiary alicyclic amines) is 1. The first-order chi connectivity index (χ1) is 12.6. The van der Waals surface area contributed by atoms with E-state index in [0.29, 0.717) is 38.7 Å². The van der Waals surface area contributed by atoms with E-state index in [1.54, 1.807) is 4.90 Å². The molecule has 0 spiro atoms. The van der Waals surface area contributed by atoms with Crippen LogP contribution in [0.1, 0.15) is 52.4 Å². The number of guanidine groups is 1. The fourth-order valence-corrected chi connectivity index (χ4v) is 2.89. The summed E-state index contributed by atoms with van der Waals surface area (Å²) in [5.41, 5.74) is 0. The van der Waals surface area contributed by atoms with Crippen LogP contribution >= 0.6 is 0 Å². The summed E-state index contributed by atoms with van der Waals surface area (Å²) in [6, 6.07) is 0.710. The normalized spacial score (nSPS) is 18.4. The monoisotopic (exact) mass is 367 g/mol. The van der Waals surface area contributed by atoms with E-state index in [2.05, 4.69) is 20.9 Å². The van der Waals surface area contributed by atoms with Crippen LogP contribution in [-0.4, -0.2) is 67.7 Å². The fraction of sp³-hybridized carbons (Fsp3) is 0.833. The quantitative estimate of drug-likeness (QED) is 0.341. The van der Waals surface area contributed by atoms with Crippen LogP contribution in [-0.2, 0) is 9.53 Å². The van der Waals surface area contributed by atoms with Crippen LogP contribution in [0.2, 0.25) is 0 Å². The molecule has 3 N–H and O–H groups in total. The smallest absolute Gasteiger partial charge is 0.409 e. The van der Waals surface area contributed by atoms with Crippen molar-refractivity contribution in [3.05, 3.63) is 0 Å². The van der Waals surface area contributed by atoms with Crippen molar-refractivity contribution in [2.45, 2.75) is 64.5 Å². The van der Waals surface area contributed by atoms with Crippen molar-refractivity contribution in [3.63, 3.8) is 0 Å². The van der Waals surface area contributed by atoms with Gasteiger partial charge in [-0.1, -0.05) is 0 Å². The lowest BCUT2D eigenvalue weighted by Crippen LogP contribution is -2.49. The van der Waals surface area contributed by atoms with Crippen LogP contribution in [0.4, 0.5) is 4.79 Å². The van der Waals surface area contributed by atoms with Gasteiger partial charge in [0.1, 0.15) is 0 Å². The van der Waals surface area contributed by atoms with Crippen molar-refractivity contribution in [1.29, 1.82) is 0 Å². The average Bonchev–Trinajstić information content (AvgIpc) is 3.43. The molecular weight excluding hydrogens is 334 g/mol. The van der Waals surface area contributed by atoms with Gasteiger partial charge in [-0.2, -0.15) is 0 Å². The first-order valence-electron chi connectivity index (χ1n) is 9.88. The third-order valence-corrected chi connectivity index (χ3v) is 4.48. The molecule has 0 aromatic rings. The lowest BCUT2D eigenvalue weighted by atomic mass is 10.1. The van der Waals surface area contributed by atoms with E-state index in [0.717, 1.165) is 44.6 Å². The molecular formula is C18H33N5O3. The third kappa shape index (κ3) is 7.49. The summed E-state index contributed by atoms with van der Waals surface area (Å²) in [7, 11) is 0. The van der Waals surface area contributed by atoms with Gasteiger partial charge < -0.3 is 25.6 Å². The molecule has 1 heterocycles. The van der Waals surface area contributed by atoms with Crippen LogP contribution in [0.25, 0.3) is 0 Å². The van der Waals surface area contributed by atoms with E-state index in [9.17, 15) is 9.59 Å². The molecule has 1 saturated carbocycles. The number of hydrogen-bond acceptors (Lipinski definition) is 4. The van der Waals surface area contributed by atoms with Crippen molar-refractivity contribution in [2.75, 3.05) is 32.8 Å². The van der Waals surface area contributed by atoms with E-state index in [4.69, 9.17) is 4.74 Å². The standard InChI is InChI=1S/C18H33N5O3/c1-3-19-17(20-11-5-6-16(24)21-14-7-8-14)22-15-9-12-23(13-10-15)18(25)26-4-2/h14-15H,3-13H2,1-2H3,(H,21,24)(H2,19,20,22). The highest BCUT2D eigenvalue weighted by atomic mass is 16.6. The Morgan fingerprint density at radius 1 is 1.08 bits per heavy atom. The first-order valence-corrected chi connectivity index (χ1v) is 9.88. The zero-order valence-corrected chi connectivity index (χ0v) is 16.1. The van der Waals surface area contributed by atoms with Crippen LogP contribution < -0.4 is 16.0 Å². The molecule has 0 atom stereocenters. The number of amides is 2. The van der Waals surface area contributed by atoms with Crippen molar-refractivity contribution in [3.8, 4) is 0 Å². The molecule has 1 aliphatic heterocycles. The van der Waals surface area contributed by atoms with Gasteiger partial charge in [0, 0.05) is 44.7 Å². The molecule has 1 saturated heterocycles. The summed E-state index contributed by atoms with van der Waals surface area (Å²) >= 11 is 0. The minimum Gasteiger partial charge on any atom is -0.450 e. The molecule has 2 aliphatic rings. The Balaban J connectivity index is 1.68. The predicted molar refractivity (Wildman–Crippen MR) is 101 cm³/mol. The first kappa shape index (κ1) is 20.3. The molecule has 26 heavy (non-hydrogen) atoms. The van der Waals surface area contributed by atoms with Crippen molar-refractivity contribution >= 4 is 18.0 Å². The zero-order valence-electron chi connectivity index (χ0n) is 16.1. The maximum Gasteiger partial charge on any atom is 0.409 e. The molecule has 2 rings (SSSR count). The Morgan fingerprint density at radius 2 is 1.77 bits per heavy atom. The van der Waals surface area contributed by atoms with Gasteiger partial charge in [-0.25, -0.2) is 4.79 Å². The molecule has 0 radical (unpaired) electrons. The lowest BCUT2D eigenvalue weighted by molar-refractivity contribution is -0.121. The molecule has 2 fully saturated rings. The highest BCUT2D eigenvalue weighted by Gasteiger charge is 2.24. The molecule has 0 aromatic heterocycles. The highest BCUT2D eigenvalue weighted by molar-refractivity contribution is 5.80. The summed E-state index contributed by atoms with van der Waals surface area (Å²) in [6.07, 6.45) is 5.02. The molecule has 0 bridgehead atoms. The SMILES string of the molecule is CCNC(=NCCCC(=O)NC1CC1)NC1CCN(C(=O)OCC)CC1. The predicted octanol–water partition coefficient (Wildman–Crippen LogP) is 1.22. The second kappa shape index (κ2) is 10.9. The van der Waals surface area contributed by atoms with E-state index in [-0.39, 0.29) is 18.0 Å². The van der Waals surface area contributed by atoms with Gasteiger partial charge in [-0.3, -0.25) is 9.79 Å². The van der Waals surface area contributed by atoms with Gasteiger partial charge in [0.25, 0.3) is 0 Å². The molecule has 2 amide bonds. The molecule has 0 unspecified atom stereocenters. The van der Waals surface area contributed by atoms with Crippen molar-refractivity contribution < 1.29 is 14.3 Å². The molecule has 0 aromatic carbocycles. The average molecular weight is 367 g/mol. The van der Waals surface area contributed by atoms with E-state index in [1.807, 2.05) is 13.8 Å². The van der Waals surface area contributed by atoms with Gasteiger partial charge in [0.15, 0.2) is 5.96 Å². The second-order valence-electron chi connectivity index (χ2n) is 6.81. The van der Waals surface area contributed by atoms with Crippen LogP contribution in [0.3, 0.4) is 0 Å². The number of nitrogens with zero attached hydrogens (tertiary/aromatic N) is 2. The number of aliphatic imine (C=N–C) groups is 1. The second-order valence-corrected chi connectivity index (χ2v) is 6.81. The lowest BCUT2D eigenvalue weighted by Gasteiger charge is -2.32. The topological polar surface area (TPSA) is 95.1 Å². The minimum absolute atomic E-state index is 0.131. The molecule has 8 heteroatoms. The fourth-order valence-electron chi connectivity index (χ4n) is 2.89. The molecule has 148 valence electrons. The number of carbonyl (C=O) groups is 2. The van der Waals surface area contributed by atoms with E-state index < -0.39 is 0 Å². The summed E-state index contributed by atoms with van der Waals surface area (Å²) in [6.45, 7) is 7.05. The molecule has 1 aliphatic carbocycles. The van der Waals surface area contributed by atoms with Crippen LogP contribution in [0.15, 0.2) is 4.99 Å². The van der Waals surface area contributed by atoms with Gasteiger partial charge in [0.05, 0.1) is 6.61 Å². The van der Waals surface area contributed by atoms with Gasteiger partial charge in [-0.15, -0.1) is 0 Å². The number of nitrogens with one attached hydrogen (secondary N) is 3. The van der Waals surface area contributed by atoms with Crippen molar-refractivity contribution in [1.82, 2.24) is 20.9 Å².